The summed E-state index contributed by atoms with van der Waals surface area (Å²) in [6.07, 6.45) is 0.554. The van der Waals surface area contributed by atoms with Crippen molar-refractivity contribution in [2.24, 2.45) is 0 Å². The van der Waals surface area contributed by atoms with Crippen LogP contribution in [0.15, 0.2) is 34.9 Å². The number of carbonyl (C=O) groups is 1. The number of benzene rings is 2. The second-order valence-electron chi connectivity index (χ2n) is 6.72. The van der Waals surface area contributed by atoms with Crippen LogP contribution < -0.4 is 19.5 Å². The van der Waals surface area contributed by atoms with E-state index in [2.05, 4.69) is 15.5 Å². The molecule has 8 nitrogen and oxygen atoms in total. The molecule has 0 aliphatic rings. The Morgan fingerprint density at radius 3 is 2.40 bits per heavy atom. The van der Waals surface area contributed by atoms with Gasteiger partial charge in [-0.25, -0.2) is 0 Å². The number of hydrogen-bond donors (Lipinski definition) is 1. The Hall–Kier alpha value is -3.55. The molecule has 30 heavy (non-hydrogen) atoms. The maximum atomic E-state index is 12.3. The quantitative estimate of drug-likeness (QED) is 0.599. The number of rotatable bonds is 8. The van der Waals surface area contributed by atoms with Gasteiger partial charge in [0, 0.05) is 24.1 Å². The maximum Gasteiger partial charge on any atom is 0.227 e. The van der Waals surface area contributed by atoms with Gasteiger partial charge in [0.25, 0.3) is 0 Å². The molecule has 8 heteroatoms. The molecule has 0 saturated heterocycles. The van der Waals surface area contributed by atoms with Crippen LogP contribution in [0.25, 0.3) is 11.4 Å². The van der Waals surface area contributed by atoms with Gasteiger partial charge in [-0.2, -0.15) is 4.98 Å². The van der Waals surface area contributed by atoms with Gasteiger partial charge in [0.15, 0.2) is 11.5 Å². The third-order valence-corrected chi connectivity index (χ3v) is 4.84. The topological polar surface area (TPSA) is 95.7 Å². The lowest BCUT2D eigenvalue weighted by atomic mass is 10.1. The van der Waals surface area contributed by atoms with Crippen molar-refractivity contribution in [1.29, 1.82) is 0 Å². The number of ether oxygens (including phenoxy) is 3. The summed E-state index contributed by atoms with van der Waals surface area (Å²) in [5.41, 5.74) is 3.64. The van der Waals surface area contributed by atoms with E-state index in [0.29, 0.717) is 40.9 Å². The van der Waals surface area contributed by atoms with E-state index in [1.807, 2.05) is 32.0 Å². The number of methoxy groups -OCH3 is 3. The number of hydrogen-bond acceptors (Lipinski definition) is 7. The molecule has 1 amide bonds. The monoisotopic (exact) mass is 411 g/mol. The van der Waals surface area contributed by atoms with Gasteiger partial charge >= 0.3 is 0 Å². The van der Waals surface area contributed by atoms with Crippen molar-refractivity contribution in [3.8, 4) is 28.6 Å². The first-order valence-corrected chi connectivity index (χ1v) is 9.45. The zero-order valence-corrected chi connectivity index (χ0v) is 17.7. The van der Waals surface area contributed by atoms with E-state index in [1.54, 1.807) is 12.1 Å². The largest absolute Gasteiger partial charge is 0.493 e. The third-order valence-electron chi connectivity index (χ3n) is 4.84. The summed E-state index contributed by atoms with van der Waals surface area (Å²) in [7, 11) is 4.62. The Bertz CT molecular complexity index is 1020. The molecular formula is C22H25N3O5. The first-order chi connectivity index (χ1) is 14.5. The predicted molar refractivity (Wildman–Crippen MR) is 112 cm³/mol. The van der Waals surface area contributed by atoms with Gasteiger partial charge in [-0.1, -0.05) is 17.3 Å². The number of carbonyl (C=O) groups excluding carboxylic acids is 1. The first-order valence-electron chi connectivity index (χ1n) is 9.45. The minimum absolute atomic E-state index is 0.115. The molecule has 158 valence electrons. The van der Waals surface area contributed by atoms with Crippen molar-refractivity contribution in [3.63, 3.8) is 0 Å². The number of anilines is 1. The summed E-state index contributed by atoms with van der Waals surface area (Å²) >= 11 is 0. The van der Waals surface area contributed by atoms with Crippen LogP contribution in [0, 0.1) is 13.8 Å². The Morgan fingerprint density at radius 1 is 1.07 bits per heavy atom. The van der Waals surface area contributed by atoms with Crippen LogP contribution in [0.3, 0.4) is 0 Å². The van der Waals surface area contributed by atoms with Crippen molar-refractivity contribution in [2.75, 3.05) is 26.6 Å². The minimum atomic E-state index is -0.115. The highest BCUT2D eigenvalue weighted by Crippen LogP contribution is 2.40. The van der Waals surface area contributed by atoms with Crippen LogP contribution in [0.4, 0.5) is 5.69 Å². The molecule has 2 aromatic carbocycles. The number of nitrogens with zero attached hydrogens (tertiary/aromatic N) is 2. The van der Waals surface area contributed by atoms with Gasteiger partial charge < -0.3 is 24.1 Å². The molecule has 0 spiro atoms. The molecule has 0 unspecified atom stereocenters. The smallest absolute Gasteiger partial charge is 0.227 e. The molecular weight excluding hydrogens is 386 g/mol. The zero-order valence-electron chi connectivity index (χ0n) is 17.7. The van der Waals surface area contributed by atoms with Crippen LogP contribution in [-0.2, 0) is 11.2 Å². The normalized spacial score (nSPS) is 10.6. The van der Waals surface area contributed by atoms with E-state index in [9.17, 15) is 4.79 Å². The van der Waals surface area contributed by atoms with Crippen LogP contribution in [0.2, 0.25) is 0 Å². The van der Waals surface area contributed by atoms with E-state index in [-0.39, 0.29) is 12.3 Å². The van der Waals surface area contributed by atoms with E-state index in [0.717, 1.165) is 16.8 Å². The molecule has 0 saturated carbocycles. The highest BCUT2D eigenvalue weighted by molar-refractivity contribution is 5.91. The molecule has 3 rings (SSSR count). The Morgan fingerprint density at radius 2 is 1.77 bits per heavy atom. The Labute approximate surface area is 175 Å². The Balaban J connectivity index is 1.69. The number of amides is 1. The van der Waals surface area contributed by atoms with Crippen molar-refractivity contribution in [1.82, 2.24) is 10.1 Å². The van der Waals surface area contributed by atoms with Gasteiger partial charge in [0.2, 0.25) is 23.4 Å². The van der Waals surface area contributed by atoms with E-state index >= 15 is 0 Å². The second-order valence-corrected chi connectivity index (χ2v) is 6.72. The van der Waals surface area contributed by atoms with Gasteiger partial charge in [-0.05, 0) is 43.2 Å². The summed E-state index contributed by atoms with van der Waals surface area (Å²) in [5, 5.41) is 6.94. The summed E-state index contributed by atoms with van der Waals surface area (Å²) in [6, 6.07) is 9.29. The van der Waals surface area contributed by atoms with Crippen molar-refractivity contribution >= 4 is 11.6 Å². The highest BCUT2D eigenvalue weighted by atomic mass is 16.5. The lowest BCUT2D eigenvalue weighted by Crippen LogP contribution is -2.13. The number of aromatic nitrogens is 2. The van der Waals surface area contributed by atoms with Gasteiger partial charge in [0.1, 0.15) is 0 Å². The third kappa shape index (κ3) is 4.53. The molecule has 0 fully saturated rings. The summed E-state index contributed by atoms with van der Waals surface area (Å²) in [6.45, 7) is 3.99. The number of nitrogens with one attached hydrogen (secondary N) is 1. The molecule has 1 aromatic heterocycles. The summed E-state index contributed by atoms with van der Waals surface area (Å²) in [4.78, 5) is 16.7. The summed E-state index contributed by atoms with van der Waals surface area (Å²) in [5.74, 6) is 2.10. The van der Waals surface area contributed by atoms with Crippen LogP contribution >= 0.6 is 0 Å². The predicted octanol–water partition coefficient (Wildman–Crippen LogP) is 3.95. The van der Waals surface area contributed by atoms with Crippen molar-refractivity contribution in [3.05, 3.63) is 47.3 Å². The first kappa shape index (κ1) is 21.2. The molecule has 0 radical (unpaired) electrons. The summed E-state index contributed by atoms with van der Waals surface area (Å²) < 4.78 is 21.4. The lowest BCUT2D eigenvalue weighted by Gasteiger charge is -2.12. The van der Waals surface area contributed by atoms with Gasteiger partial charge in [-0.3, -0.25) is 4.79 Å². The molecule has 1 heterocycles. The van der Waals surface area contributed by atoms with Gasteiger partial charge in [0.05, 0.1) is 21.3 Å². The molecule has 0 aliphatic heterocycles. The molecule has 0 atom stereocenters. The SMILES string of the molecule is COc1cc(-c2noc(CCC(=O)Nc3cccc(C)c3C)n2)cc(OC)c1OC. The second kappa shape index (κ2) is 9.30. The van der Waals surface area contributed by atoms with Crippen LogP contribution in [-0.4, -0.2) is 37.4 Å². The zero-order chi connectivity index (χ0) is 21.7. The van der Waals surface area contributed by atoms with Gasteiger partial charge in [-0.15, -0.1) is 0 Å². The van der Waals surface area contributed by atoms with Crippen LogP contribution in [0.5, 0.6) is 17.2 Å². The molecule has 0 bridgehead atoms. The average molecular weight is 411 g/mol. The Kier molecular flexibility index (Phi) is 6.56. The fraction of sp³-hybridized carbons (Fsp3) is 0.318. The van der Waals surface area contributed by atoms with E-state index in [4.69, 9.17) is 18.7 Å². The van der Waals surface area contributed by atoms with Crippen molar-refractivity contribution in [2.45, 2.75) is 26.7 Å². The standard InChI is InChI=1S/C22H25N3O5/c1-13-7-6-8-16(14(13)2)23-19(26)9-10-20-24-22(25-30-20)15-11-17(27-3)21(29-5)18(12-15)28-4/h6-8,11-12H,9-10H2,1-5H3,(H,23,26). The maximum absolute atomic E-state index is 12.3. The fourth-order valence-electron chi connectivity index (χ4n) is 3.00. The number of aryl methyl sites for hydroxylation is 2. The molecule has 0 aliphatic carbocycles. The minimum Gasteiger partial charge on any atom is -0.493 e. The fourth-order valence-corrected chi connectivity index (χ4v) is 3.00. The van der Waals surface area contributed by atoms with E-state index < -0.39 is 0 Å². The molecule has 1 N–H and O–H groups in total. The average Bonchev–Trinajstić information content (AvgIpc) is 3.23. The van der Waals surface area contributed by atoms with Crippen molar-refractivity contribution < 1.29 is 23.5 Å². The molecule has 3 aromatic rings. The van der Waals surface area contributed by atoms with E-state index in [1.165, 1.54) is 21.3 Å². The van der Waals surface area contributed by atoms with Crippen LogP contribution in [0.1, 0.15) is 23.4 Å². The highest BCUT2D eigenvalue weighted by Gasteiger charge is 2.18. The lowest BCUT2D eigenvalue weighted by molar-refractivity contribution is -0.116.